The summed E-state index contributed by atoms with van der Waals surface area (Å²) in [5.74, 6) is -0.368. The molecule has 1 aromatic rings. The zero-order valence-corrected chi connectivity index (χ0v) is 8.56. The average Bonchev–Trinajstić information content (AvgIpc) is 2.44. The Kier molecular flexibility index (Phi) is 2.28. The minimum Gasteiger partial charge on any atom is -0.347 e. The van der Waals surface area contributed by atoms with Crippen molar-refractivity contribution in [3.8, 4) is 0 Å². The fourth-order valence-corrected chi connectivity index (χ4v) is 1.66. The molecule has 0 radical (unpaired) electrons. The number of nitrogens with zero attached hydrogens (tertiary/aromatic N) is 1. The Labute approximate surface area is 87.7 Å². The van der Waals surface area contributed by atoms with Gasteiger partial charge in [0.1, 0.15) is 0 Å². The summed E-state index contributed by atoms with van der Waals surface area (Å²) in [6.45, 7) is 1.96. The molecule has 1 aliphatic rings. The van der Waals surface area contributed by atoms with Gasteiger partial charge in [-0.1, -0.05) is 17.7 Å². The molecule has 0 saturated carbocycles. The predicted octanol–water partition coefficient (Wildman–Crippen LogP) is -0.131. The van der Waals surface area contributed by atoms with Gasteiger partial charge in [-0.2, -0.15) is 0 Å². The summed E-state index contributed by atoms with van der Waals surface area (Å²) >= 11 is 0. The minimum atomic E-state index is -0.432. The zero-order valence-electron chi connectivity index (χ0n) is 8.56. The maximum absolute atomic E-state index is 11.6. The Morgan fingerprint density at radius 1 is 1.27 bits per heavy atom. The van der Waals surface area contributed by atoms with Crippen molar-refractivity contribution in [1.29, 1.82) is 0 Å². The van der Waals surface area contributed by atoms with E-state index in [4.69, 9.17) is 0 Å². The second-order valence-corrected chi connectivity index (χ2v) is 3.80. The lowest BCUT2D eigenvalue weighted by atomic mass is 10.2. The average molecular weight is 205 g/mol. The number of amides is 2. The highest BCUT2D eigenvalue weighted by atomic mass is 16.2. The van der Waals surface area contributed by atoms with Crippen molar-refractivity contribution in [3.05, 3.63) is 29.8 Å². The first kappa shape index (κ1) is 9.86. The smallest absolute Gasteiger partial charge is 0.292 e. The van der Waals surface area contributed by atoms with Crippen molar-refractivity contribution in [2.45, 2.75) is 19.4 Å². The normalized spacial score (nSPS) is 21.2. The van der Waals surface area contributed by atoms with Crippen LogP contribution in [0, 0.1) is 6.92 Å². The zero-order chi connectivity index (χ0) is 11.0. The lowest BCUT2D eigenvalue weighted by molar-refractivity contribution is -0.399. The second kappa shape index (κ2) is 3.47. The molecule has 3 N–H and O–H groups in total. The highest BCUT2D eigenvalue weighted by Crippen LogP contribution is 2.21. The molecule has 2 amide bonds. The summed E-state index contributed by atoms with van der Waals surface area (Å²) in [5.41, 5.74) is 5.39. The number of anilines is 1. The van der Waals surface area contributed by atoms with Crippen LogP contribution in [0.5, 0.6) is 0 Å². The highest BCUT2D eigenvalue weighted by molar-refractivity contribution is 6.21. The maximum atomic E-state index is 11.6. The van der Waals surface area contributed by atoms with E-state index in [0.717, 1.165) is 5.56 Å². The van der Waals surface area contributed by atoms with Crippen LogP contribution >= 0.6 is 0 Å². The molecule has 4 nitrogen and oxygen atoms in total. The number of aryl methyl sites for hydroxylation is 1. The number of benzene rings is 1. The van der Waals surface area contributed by atoms with Gasteiger partial charge in [-0.3, -0.25) is 9.59 Å². The molecule has 1 saturated heterocycles. The number of rotatable bonds is 1. The van der Waals surface area contributed by atoms with Gasteiger partial charge in [-0.15, -0.1) is 0 Å². The number of imide groups is 1. The first-order valence-corrected chi connectivity index (χ1v) is 4.86. The van der Waals surface area contributed by atoms with E-state index >= 15 is 0 Å². The number of hydrogen-bond donors (Lipinski definition) is 1. The van der Waals surface area contributed by atoms with Crippen molar-refractivity contribution in [1.82, 2.24) is 0 Å². The molecule has 0 aromatic heterocycles. The van der Waals surface area contributed by atoms with Crippen molar-refractivity contribution in [2.24, 2.45) is 0 Å². The Hall–Kier alpha value is -1.68. The van der Waals surface area contributed by atoms with Crippen molar-refractivity contribution < 1.29 is 15.3 Å². The van der Waals surface area contributed by atoms with Crippen LogP contribution in [0.3, 0.4) is 0 Å². The highest BCUT2D eigenvalue weighted by Gasteiger charge is 2.39. The lowest BCUT2D eigenvalue weighted by Gasteiger charge is -2.13. The van der Waals surface area contributed by atoms with E-state index in [0.29, 0.717) is 5.69 Å². The third-order valence-corrected chi connectivity index (χ3v) is 2.53. The van der Waals surface area contributed by atoms with Gasteiger partial charge >= 0.3 is 0 Å². The maximum Gasteiger partial charge on any atom is 0.292 e. The van der Waals surface area contributed by atoms with E-state index in [2.05, 4.69) is 5.73 Å². The van der Waals surface area contributed by atoms with Crippen LogP contribution in [0.4, 0.5) is 5.69 Å². The van der Waals surface area contributed by atoms with Crippen molar-refractivity contribution in [3.63, 3.8) is 0 Å². The van der Waals surface area contributed by atoms with E-state index in [1.807, 2.05) is 19.1 Å². The summed E-state index contributed by atoms with van der Waals surface area (Å²) in [6, 6.07) is 6.89. The third-order valence-electron chi connectivity index (χ3n) is 2.53. The van der Waals surface area contributed by atoms with E-state index < -0.39 is 6.04 Å². The summed E-state index contributed by atoms with van der Waals surface area (Å²) in [4.78, 5) is 24.4. The first-order valence-electron chi connectivity index (χ1n) is 4.86. The number of carbonyl (C=O) groups is 2. The Morgan fingerprint density at radius 3 is 2.33 bits per heavy atom. The summed E-state index contributed by atoms with van der Waals surface area (Å²) in [6.07, 6.45) is 0.215. The van der Waals surface area contributed by atoms with Gasteiger partial charge in [0.2, 0.25) is 5.91 Å². The summed E-state index contributed by atoms with van der Waals surface area (Å²) < 4.78 is 0. The van der Waals surface area contributed by atoms with E-state index in [9.17, 15) is 9.59 Å². The second-order valence-electron chi connectivity index (χ2n) is 3.80. The summed E-state index contributed by atoms with van der Waals surface area (Å²) in [7, 11) is 0. The van der Waals surface area contributed by atoms with Gasteiger partial charge < -0.3 is 5.73 Å². The van der Waals surface area contributed by atoms with Crippen LogP contribution in [-0.2, 0) is 9.59 Å². The van der Waals surface area contributed by atoms with E-state index in [1.165, 1.54) is 4.90 Å². The third kappa shape index (κ3) is 1.64. The molecule has 1 heterocycles. The van der Waals surface area contributed by atoms with Crippen molar-refractivity contribution >= 4 is 17.5 Å². The van der Waals surface area contributed by atoms with E-state index in [1.54, 1.807) is 12.1 Å². The van der Waals surface area contributed by atoms with Gasteiger partial charge in [0.25, 0.3) is 5.91 Å². The van der Waals surface area contributed by atoms with Crippen LogP contribution in [0.1, 0.15) is 12.0 Å². The molecule has 1 fully saturated rings. The summed E-state index contributed by atoms with van der Waals surface area (Å²) in [5, 5.41) is 0. The van der Waals surface area contributed by atoms with Gasteiger partial charge in [-0.25, -0.2) is 4.90 Å². The number of quaternary nitrogens is 1. The van der Waals surface area contributed by atoms with E-state index in [-0.39, 0.29) is 18.2 Å². The number of carbonyl (C=O) groups excluding carboxylic acids is 2. The van der Waals surface area contributed by atoms with Gasteiger partial charge in [0.15, 0.2) is 6.04 Å². The molecule has 0 spiro atoms. The quantitative estimate of drug-likeness (QED) is 0.649. The molecule has 0 aliphatic carbocycles. The molecule has 4 heteroatoms. The van der Waals surface area contributed by atoms with Crippen LogP contribution < -0.4 is 10.6 Å². The molecular weight excluding hydrogens is 192 g/mol. The van der Waals surface area contributed by atoms with Gasteiger partial charge in [0, 0.05) is 0 Å². The SMILES string of the molecule is Cc1ccc(N2C(=O)C[C@@H]([NH3+])C2=O)cc1. The predicted molar refractivity (Wildman–Crippen MR) is 55.0 cm³/mol. The lowest BCUT2D eigenvalue weighted by Crippen LogP contribution is -2.64. The molecule has 2 rings (SSSR count). The first-order chi connectivity index (χ1) is 7.09. The minimum absolute atomic E-state index is 0.163. The van der Waals surface area contributed by atoms with Crippen LogP contribution in [0.2, 0.25) is 0 Å². The van der Waals surface area contributed by atoms with Crippen LogP contribution in [0.25, 0.3) is 0 Å². The standard InChI is InChI=1S/C11H12N2O2/c1-7-2-4-8(5-3-7)13-10(14)6-9(12)11(13)15/h2-5,9H,6,12H2,1H3/p+1/t9-/m1/s1. The Bertz CT molecular complexity index is 411. The molecule has 1 atom stereocenters. The van der Waals surface area contributed by atoms with Crippen molar-refractivity contribution in [2.75, 3.05) is 4.90 Å². The molecule has 1 aliphatic heterocycles. The fourth-order valence-electron chi connectivity index (χ4n) is 1.66. The molecule has 0 bridgehead atoms. The molecule has 15 heavy (non-hydrogen) atoms. The van der Waals surface area contributed by atoms with Gasteiger partial charge in [-0.05, 0) is 19.1 Å². The monoisotopic (exact) mass is 205 g/mol. The Balaban J connectivity index is 2.35. The molecule has 78 valence electrons. The molecule has 0 unspecified atom stereocenters. The van der Waals surface area contributed by atoms with Crippen LogP contribution in [-0.4, -0.2) is 17.9 Å². The molecule has 1 aromatic carbocycles. The number of hydrogen-bond acceptors (Lipinski definition) is 2. The topological polar surface area (TPSA) is 65.0 Å². The van der Waals surface area contributed by atoms with Gasteiger partial charge in [0.05, 0.1) is 12.1 Å². The fraction of sp³-hybridized carbons (Fsp3) is 0.273. The molecular formula is C11H13N2O2+. The Morgan fingerprint density at radius 2 is 1.87 bits per heavy atom. The van der Waals surface area contributed by atoms with Crippen LogP contribution in [0.15, 0.2) is 24.3 Å². The largest absolute Gasteiger partial charge is 0.347 e.